The fraction of sp³-hybridized carbons (Fsp3) is 1.00. The minimum atomic E-state index is 0.808. The second-order valence-corrected chi connectivity index (χ2v) is 3.37. The summed E-state index contributed by atoms with van der Waals surface area (Å²) in [6, 6.07) is 0. The molecule has 58 valence electrons. The van der Waals surface area contributed by atoms with Gasteiger partial charge in [0.25, 0.3) is 0 Å². The van der Waals surface area contributed by atoms with Crippen LogP contribution in [0.15, 0.2) is 0 Å². The highest BCUT2D eigenvalue weighted by Crippen LogP contribution is 2.32. The average molecular weight is 142 g/mol. The van der Waals surface area contributed by atoms with Gasteiger partial charge in [0, 0.05) is 0 Å². The van der Waals surface area contributed by atoms with Crippen LogP contribution in [-0.4, -0.2) is 13.2 Å². The zero-order valence-corrected chi connectivity index (χ0v) is 6.21. The molecule has 0 aromatic heterocycles. The van der Waals surface area contributed by atoms with Gasteiger partial charge in [-0.2, -0.15) is 0 Å². The van der Waals surface area contributed by atoms with Crippen LogP contribution in [0.25, 0.3) is 0 Å². The molecule has 1 saturated heterocycles. The van der Waals surface area contributed by atoms with Crippen molar-refractivity contribution in [3.8, 4) is 0 Å². The number of hydrogen-bond acceptors (Lipinski definition) is 2. The first kappa shape index (κ1) is 6.62. The average Bonchev–Trinajstić information content (AvgIpc) is 2.05. The molecule has 1 aliphatic carbocycles. The van der Waals surface area contributed by atoms with E-state index in [1.807, 2.05) is 0 Å². The van der Waals surface area contributed by atoms with E-state index in [-0.39, 0.29) is 0 Å². The molecule has 2 nitrogen and oxygen atoms in total. The second kappa shape index (κ2) is 2.89. The normalized spacial score (nSPS) is 40.8. The second-order valence-electron chi connectivity index (χ2n) is 3.37. The van der Waals surface area contributed by atoms with Gasteiger partial charge in [0.1, 0.15) is 0 Å². The molecule has 2 heteroatoms. The van der Waals surface area contributed by atoms with Gasteiger partial charge in [-0.3, -0.25) is 0 Å². The molecule has 2 fully saturated rings. The molecule has 0 aromatic carbocycles. The maximum absolute atomic E-state index is 4.94. The Morgan fingerprint density at radius 2 is 1.30 bits per heavy atom. The summed E-state index contributed by atoms with van der Waals surface area (Å²) < 4.78 is 0. The van der Waals surface area contributed by atoms with Gasteiger partial charge in [-0.15, -0.1) is 0 Å². The Morgan fingerprint density at radius 1 is 0.800 bits per heavy atom. The molecule has 1 heterocycles. The van der Waals surface area contributed by atoms with Crippen molar-refractivity contribution >= 4 is 0 Å². The van der Waals surface area contributed by atoms with Gasteiger partial charge < -0.3 is 0 Å². The third-order valence-corrected chi connectivity index (χ3v) is 2.71. The Labute approximate surface area is 61.4 Å². The molecule has 1 aliphatic heterocycles. The summed E-state index contributed by atoms with van der Waals surface area (Å²) in [7, 11) is 0. The fourth-order valence-corrected chi connectivity index (χ4v) is 1.99. The lowest BCUT2D eigenvalue weighted by Gasteiger charge is -2.33. The Bertz CT molecular complexity index is 87.8. The summed E-state index contributed by atoms with van der Waals surface area (Å²) in [6.07, 6.45) is 5.50. The lowest BCUT2D eigenvalue weighted by Crippen LogP contribution is -2.32. The molecule has 10 heavy (non-hydrogen) atoms. The first-order valence-corrected chi connectivity index (χ1v) is 4.21. The first-order valence-electron chi connectivity index (χ1n) is 4.21. The monoisotopic (exact) mass is 142 g/mol. The molecular weight excluding hydrogens is 128 g/mol. The zero-order valence-electron chi connectivity index (χ0n) is 6.21. The SMILES string of the molecule is C1CCC2COOCC2C1. The van der Waals surface area contributed by atoms with Gasteiger partial charge in [0.2, 0.25) is 0 Å². The van der Waals surface area contributed by atoms with E-state index in [0.29, 0.717) is 0 Å². The Hall–Kier alpha value is -0.0800. The van der Waals surface area contributed by atoms with Gasteiger partial charge in [-0.25, -0.2) is 9.78 Å². The van der Waals surface area contributed by atoms with Crippen molar-refractivity contribution < 1.29 is 9.78 Å². The van der Waals surface area contributed by atoms with Crippen LogP contribution in [-0.2, 0) is 9.78 Å². The zero-order chi connectivity index (χ0) is 6.81. The van der Waals surface area contributed by atoms with Crippen LogP contribution >= 0.6 is 0 Å². The predicted octanol–water partition coefficient (Wildman–Crippen LogP) is 1.75. The molecule has 0 bridgehead atoms. The van der Waals surface area contributed by atoms with Crippen molar-refractivity contribution in [2.45, 2.75) is 25.7 Å². The van der Waals surface area contributed by atoms with Crippen LogP contribution in [0, 0.1) is 11.8 Å². The summed E-state index contributed by atoms with van der Waals surface area (Å²) in [5.41, 5.74) is 0. The molecule has 0 radical (unpaired) electrons. The minimum absolute atomic E-state index is 0.808. The molecule has 2 unspecified atom stereocenters. The van der Waals surface area contributed by atoms with E-state index in [4.69, 9.17) is 9.78 Å². The topological polar surface area (TPSA) is 18.5 Å². The van der Waals surface area contributed by atoms with Crippen molar-refractivity contribution in [3.05, 3.63) is 0 Å². The smallest absolute Gasteiger partial charge is 0.0854 e. The lowest BCUT2D eigenvalue weighted by molar-refractivity contribution is -0.340. The molecule has 2 atom stereocenters. The van der Waals surface area contributed by atoms with Gasteiger partial charge in [0.05, 0.1) is 13.2 Å². The standard InChI is InChI=1S/C8H14O2/c1-2-4-8-6-10-9-5-7(8)3-1/h7-8H,1-6H2. The number of rotatable bonds is 0. The quantitative estimate of drug-likeness (QED) is 0.480. The molecule has 1 saturated carbocycles. The molecule has 0 N–H and O–H groups in total. The highest BCUT2D eigenvalue weighted by Gasteiger charge is 2.28. The van der Waals surface area contributed by atoms with Crippen LogP contribution < -0.4 is 0 Å². The molecule has 2 aliphatic rings. The van der Waals surface area contributed by atoms with Crippen LogP contribution in [0.1, 0.15) is 25.7 Å². The maximum atomic E-state index is 4.94. The van der Waals surface area contributed by atoms with Crippen molar-refractivity contribution in [1.82, 2.24) is 0 Å². The molecule has 0 spiro atoms. The number of hydrogen-bond donors (Lipinski definition) is 0. The molecule has 2 rings (SSSR count). The van der Waals surface area contributed by atoms with E-state index in [2.05, 4.69) is 0 Å². The van der Waals surface area contributed by atoms with Crippen LogP contribution in [0.4, 0.5) is 0 Å². The summed E-state index contributed by atoms with van der Waals surface area (Å²) in [4.78, 5) is 9.88. The van der Waals surface area contributed by atoms with E-state index in [1.165, 1.54) is 25.7 Å². The number of fused-ring (bicyclic) bond motifs is 1. The van der Waals surface area contributed by atoms with Crippen molar-refractivity contribution in [2.24, 2.45) is 11.8 Å². The van der Waals surface area contributed by atoms with E-state index < -0.39 is 0 Å². The van der Waals surface area contributed by atoms with Gasteiger partial charge in [-0.05, 0) is 24.7 Å². The third-order valence-electron chi connectivity index (χ3n) is 2.71. The molecule has 0 amide bonds. The van der Waals surface area contributed by atoms with E-state index in [9.17, 15) is 0 Å². The van der Waals surface area contributed by atoms with Gasteiger partial charge in [0.15, 0.2) is 0 Å². The summed E-state index contributed by atoms with van der Waals surface area (Å²) in [5.74, 6) is 1.62. The van der Waals surface area contributed by atoms with Crippen molar-refractivity contribution in [2.75, 3.05) is 13.2 Å². The third kappa shape index (κ3) is 1.18. The van der Waals surface area contributed by atoms with E-state index in [1.54, 1.807) is 0 Å². The summed E-state index contributed by atoms with van der Waals surface area (Å²) >= 11 is 0. The van der Waals surface area contributed by atoms with E-state index >= 15 is 0 Å². The largest absolute Gasteiger partial charge is 0.236 e. The Kier molecular flexibility index (Phi) is 1.91. The molecular formula is C8H14O2. The minimum Gasteiger partial charge on any atom is -0.236 e. The van der Waals surface area contributed by atoms with Crippen LogP contribution in [0.2, 0.25) is 0 Å². The van der Waals surface area contributed by atoms with Crippen LogP contribution in [0.5, 0.6) is 0 Å². The molecule has 0 aromatic rings. The summed E-state index contributed by atoms with van der Waals surface area (Å²) in [5, 5.41) is 0. The predicted molar refractivity (Wildman–Crippen MR) is 37.4 cm³/mol. The lowest BCUT2D eigenvalue weighted by atomic mass is 9.80. The van der Waals surface area contributed by atoms with E-state index in [0.717, 1.165) is 25.0 Å². The maximum Gasteiger partial charge on any atom is 0.0854 e. The highest BCUT2D eigenvalue weighted by atomic mass is 17.2. The first-order chi connectivity index (χ1) is 4.97. The Balaban J connectivity index is 1.93. The fourth-order valence-electron chi connectivity index (χ4n) is 1.99. The summed E-state index contributed by atoms with van der Waals surface area (Å²) in [6.45, 7) is 1.68. The van der Waals surface area contributed by atoms with Gasteiger partial charge in [-0.1, -0.05) is 12.8 Å². The van der Waals surface area contributed by atoms with Crippen molar-refractivity contribution in [1.29, 1.82) is 0 Å². The van der Waals surface area contributed by atoms with Crippen LogP contribution in [0.3, 0.4) is 0 Å². The highest BCUT2D eigenvalue weighted by molar-refractivity contribution is 4.75. The van der Waals surface area contributed by atoms with Crippen molar-refractivity contribution in [3.63, 3.8) is 0 Å². The Morgan fingerprint density at radius 3 is 1.80 bits per heavy atom. The van der Waals surface area contributed by atoms with Gasteiger partial charge >= 0.3 is 0 Å².